The van der Waals surface area contributed by atoms with E-state index in [1.54, 1.807) is 23.1 Å². The Labute approximate surface area is 150 Å². The zero-order valence-corrected chi connectivity index (χ0v) is 14.3. The minimum Gasteiger partial charge on any atom is -0.339 e. The van der Waals surface area contributed by atoms with Crippen molar-refractivity contribution < 1.29 is 4.79 Å². The first-order valence-electron chi connectivity index (χ1n) is 8.66. The predicted octanol–water partition coefficient (Wildman–Crippen LogP) is 1.35. The van der Waals surface area contributed by atoms with Gasteiger partial charge < -0.3 is 10.6 Å². The lowest BCUT2D eigenvalue weighted by molar-refractivity contribution is -0.130. The molecule has 2 heterocycles. The molecule has 6 heteroatoms. The van der Waals surface area contributed by atoms with Crippen molar-refractivity contribution in [2.75, 3.05) is 13.1 Å². The fourth-order valence-corrected chi connectivity index (χ4v) is 3.55. The Morgan fingerprint density at radius 3 is 2.62 bits per heavy atom. The number of carbonyl (C=O) groups excluding carboxylic acids is 1. The number of likely N-dealkylation sites (tertiary alicyclic amines) is 1. The highest BCUT2D eigenvalue weighted by atomic mass is 16.2. The van der Waals surface area contributed by atoms with Crippen LogP contribution in [-0.2, 0) is 11.3 Å². The second kappa shape index (κ2) is 6.72. The molecule has 2 aromatic carbocycles. The van der Waals surface area contributed by atoms with Gasteiger partial charge in [0.1, 0.15) is 6.54 Å². The molecule has 1 aromatic heterocycles. The van der Waals surface area contributed by atoms with E-state index in [-0.39, 0.29) is 30.0 Å². The van der Waals surface area contributed by atoms with Crippen LogP contribution >= 0.6 is 0 Å². The Bertz CT molecular complexity index is 999. The average Bonchev–Trinajstić information content (AvgIpc) is 3.07. The molecule has 1 saturated heterocycles. The lowest BCUT2D eigenvalue weighted by Crippen LogP contribution is -2.36. The quantitative estimate of drug-likeness (QED) is 0.775. The standard InChI is InChI=1S/C20H20N4O2/c21-17-11-23(10-16(17)14-6-2-1-3-7-14)19(25)12-24-13-22-18-9-5-4-8-15(18)20(24)26/h1-9,13,16-17H,10-12,21H2. The van der Waals surface area contributed by atoms with Crippen molar-refractivity contribution in [3.63, 3.8) is 0 Å². The minimum absolute atomic E-state index is 0.0229. The van der Waals surface area contributed by atoms with Gasteiger partial charge in [-0.15, -0.1) is 0 Å². The van der Waals surface area contributed by atoms with Gasteiger partial charge in [0.25, 0.3) is 5.56 Å². The van der Waals surface area contributed by atoms with Gasteiger partial charge in [-0.05, 0) is 17.7 Å². The minimum atomic E-state index is -0.202. The van der Waals surface area contributed by atoms with Crippen LogP contribution in [0.3, 0.4) is 0 Å². The van der Waals surface area contributed by atoms with Gasteiger partial charge in [-0.1, -0.05) is 42.5 Å². The van der Waals surface area contributed by atoms with E-state index in [4.69, 9.17) is 5.73 Å². The Hall–Kier alpha value is -2.99. The number of amides is 1. The zero-order chi connectivity index (χ0) is 18.1. The van der Waals surface area contributed by atoms with Gasteiger partial charge in [0.2, 0.25) is 5.91 Å². The maximum atomic E-state index is 12.7. The molecule has 26 heavy (non-hydrogen) atoms. The number of carbonyl (C=O) groups is 1. The third-order valence-corrected chi connectivity index (χ3v) is 4.98. The highest BCUT2D eigenvalue weighted by molar-refractivity contribution is 5.79. The van der Waals surface area contributed by atoms with Crippen molar-refractivity contribution >= 4 is 16.8 Å². The van der Waals surface area contributed by atoms with Crippen LogP contribution in [0.25, 0.3) is 10.9 Å². The summed E-state index contributed by atoms with van der Waals surface area (Å²) in [5, 5.41) is 0.517. The summed E-state index contributed by atoms with van der Waals surface area (Å²) in [4.78, 5) is 31.3. The van der Waals surface area contributed by atoms with Crippen LogP contribution in [-0.4, -0.2) is 39.5 Å². The van der Waals surface area contributed by atoms with E-state index in [1.165, 1.54) is 10.9 Å². The third kappa shape index (κ3) is 2.99. The van der Waals surface area contributed by atoms with Crippen LogP contribution in [0.4, 0.5) is 0 Å². The number of aromatic nitrogens is 2. The third-order valence-electron chi connectivity index (χ3n) is 4.98. The monoisotopic (exact) mass is 348 g/mol. The van der Waals surface area contributed by atoms with E-state index in [9.17, 15) is 9.59 Å². The van der Waals surface area contributed by atoms with Gasteiger partial charge in [0, 0.05) is 25.0 Å². The lowest BCUT2D eigenvalue weighted by Gasteiger charge is -2.17. The topological polar surface area (TPSA) is 81.2 Å². The van der Waals surface area contributed by atoms with Crippen LogP contribution in [0.2, 0.25) is 0 Å². The fourth-order valence-electron chi connectivity index (χ4n) is 3.55. The van der Waals surface area contributed by atoms with Gasteiger partial charge in [-0.3, -0.25) is 14.2 Å². The summed E-state index contributed by atoms with van der Waals surface area (Å²) in [6, 6.07) is 17.0. The van der Waals surface area contributed by atoms with Crippen molar-refractivity contribution in [1.82, 2.24) is 14.5 Å². The molecule has 0 radical (unpaired) electrons. The zero-order valence-electron chi connectivity index (χ0n) is 14.3. The first-order chi connectivity index (χ1) is 12.6. The SMILES string of the molecule is NC1CN(C(=O)Cn2cnc3ccccc3c2=O)CC1c1ccccc1. The van der Waals surface area contributed by atoms with E-state index >= 15 is 0 Å². The van der Waals surface area contributed by atoms with Gasteiger partial charge in [-0.25, -0.2) is 4.98 Å². The molecule has 2 N–H and O–H groups in total. The maximum absolute atomic E-state index is 12.7. The van der Waals surface area contributed by atoms with E-state index in [1.807, 2.05) is 36.4 Å². The molecular formula is C20H20N4O2. The molecule has 3 aromatic rings. The summed E-state index contributed by atoms with van der Waals surface area (Å²) >= 11 is 0. The summed E-state index contributed by atoms with van der Waals surface area (Å²) in [5.41, 5.74) is 7.83. The molecule has 0 spiro atoms. The first kappa shape index (κ1) is 16.5. The summed E-state index contributed by atoms with van der Waals surface area (Å²) in [6.07, 6.45) is 1.44. The molecule has 1 aliphatic heterocycles. The summed E-state index contributed by atoms with van der Waals surface area (Å²) in [7, 11) is 0. The molecule has 2 unspecified atom stereocenters. The smallest absolute Gasteiger partial charge is 0.261 e. The first-order valence-corrected chi connectivity index (χ1v) is 8.66. The van der Waals surface area contributed by atoms with E-state index in [0.29, 0.717) is 24.0 Å². The number of para-hydroxylation sites is 1. The number of hydrogen-bond acceptors (Lipinski definition) is 4. The van der Waals surface area contributed by atoms with Gasteiger partial charge in [0.15, 0.2) is 0 Å². The highest BCUT2D eigenvalue weighted by Crippen LogP contribution is 2.26. The van der Waals surface area contributed by atoms with Crippen molar-refractivity contribution in [3.8, 4) is 0 Å². The number of benzene rings is 2. The van der Waals surface area contributed by atoms with E-state index in [2.05, 4.69) is 4.98 Å². The Morgan fingerprint density at radius 1 is 1.08 bits per heavy atom. The van der Waals surface area contributed by atoms with Crippen LogP contribution in [0.15, 0.2) is 65.7 Å². The van der Waals surface area contributed by atoms with Crippen LogP contribution in [0, 0.1) is 0 Å². The number of nitrogens with two attached hydrogens (primary N) is 1. The number of rotatable bonds is 3. The maximum Gasteiger partial charge on any atom is 0.261 e. The van der Waals surface area contributed by atoms with Crippen LogP contribution in [0.5, 0.6) is 0 Å². The summed E-state index contributed by atoms with van der Waals surface area (Å²) in [6.45, 7) is 1.04. The van der Waals surface area contributed by atoms with Crippen molar-refractivity contribution in [3.05, 3.63) is 76.8 Å². The lowest BCUT2D eigenvalue weighted by atomic mass is 9.95. The van der Waals surface area contributed by atoms with Gasteiger partial charge in [-0.2, -0.15) is 0 Å². The molecule has 2 atom stereocenters. The van der Waals surface area contributed by atoms with Crippen molar-refractivity contribution in [1.29, 1.82) is 0 Å². The molecule has 6 nitrogen and oxygen atoms in total. The Morgan fingerprint density at radius 2 is 1.81 bits per heavy atom. The number of nitrogens with zero attached hydrogens (tertiary/aromatic N) is 3. The van der Waals surface area contributed by atoms with Crippen molar-refractivity contribution in [2.45, 2.75) is 18.5 Å². The molecule has 4 rings (SSSR count). The van der Waals surface area contributed by atoms with E-state index in [0.717, 1.165) is 5.56 Å². The second-order valence-corrected chi connectivity index (χ2v) is 6.67. The predicted molar refractivity (Wildman–Crippen MR) is 99.7 cm³/mol. The molecular weight excluding hydrogens is 328 g/mol. The van der Waals surface area contributed by atoms with Crippen LogP contribution < -0.4 is 11.3 Å². The second-order valence-electron chi connectivity index (χ2n) is 6.67. The summed E-state index contributed by atoms with van der Waals surface area (Å²) < 4.78 is 1.37. The van der Waals surface area contributed by atoms with Gasteiger partial charge >= 0.3 is 0 Å². The Balaban J connectivity index is 1.52. The normalized spacial score (nSPS) is 19.8. The average molecular weight is 348 g/mol. The molecule has 1 aliphatic rings. The fraction of sp³-hybridized carbons (Fsp3) is 0.250. The Kier molecular flexibility index (Phi) is 4.26. The molecule has 0 saturated carbocycles. The number of hydrogen-bond donors (Lipinski definition) is 1. The van der Waals surface area contributed by atoms with Gasteiger partial charge in [0.05, 0.1) is 17.2 Å². The molecule has 132 valence electrons. The van der Waals surface area contributed by atoms with E-state index < -0.39 is 0 Å². The number of fused-ring (bicyclic) bond motifs is 1. The largest absolute Gasteiger partial charge is 0.339 e. The van der Waals surface area contributed by atoms with Crippen LogP contribution in [0.1, 0.15) is 11.5 Å². The molecule has 1 amide bonds. The molecule has 1 fully saturated rings. The molecule has 0 aliphatic carbocycles. The van der Waals surface area contributed by atoms with Crippen molar-refractivity contribution in [2.24, 2.45) is 5.73 Å². The summed E-state index contributed by atoms with van der Waals surface area (Å²) in [5.74, 6) is 0.00432. The molecule has 0 bridgehead atoms. The highest BCUT2D eigenvalue weighted by Gasteiger charge is 2.33.